The predicted molar refractivity (Wildman–Crippen MR) is 118 cm³/mol. The van der Waals surface area contributed by atoms with E-state index in [4.69, 9.17) is 0 Å². The van der Waals surface area contributed by atoms with Gasteiger partial charge >= 0.3 is 0 Å². The van der Waals surface area contributed by atoms with Crippen LogP contribution in [0.4, 0.5) is 5.13 Å². The molecule has 1 amide bonds. The topological polar surface area (TPSA) is 46.9 Å². The largest absolute Gasteiger partial charge is 0.319 e. The van der Waals surface area contributed by atoms with Crippen LogP contribution in [-0.4, -0.2) is 15.5 Å². The van der Waals surface area contributed by atoms with Crippen LogP contribution >= 0.6 is 27.3 Å². The van der Waals surface area contributed by atoms with Crippen molar-refractivity contribution in [2.45, 2.75) is 13.8 Å². The van der Waals surface area contributed by atoms with Crippen LogP contribution in [0.3, 0.4) is 0 Å². The van der Waals surface area contributed by atoms with Crippen LogP contribution in [0.5, 0.6) is 0 Å². The van der Waals surface area contributed by atoms with Crippen LogP contribution in [0.25, 0.3) is 16.9 Å². The number of halogens is 1. The molecule has 4 rings (SSSR count). The highest BCUT2D eigenvalue weighted by molar-refractivity contribution is 9.10. The molecular weight excluding hydrogens is 434 g/mol. The summed E-state index contributed by atoms with van der Waals surface area (Å²) in [5.74, 6) is -0.163. The number of amides is 1. The Bertz CT molecular complexity index is 1110. The molecule has 2 aromatic carbocycles. The molecule has 0 unspecified atom stereocenters. The Morgan fingerprint density at radius 2 is 1.61 bits per heavy atom. The fraction of sp³-hybridized carbons (Fsp3) is 0.0909. The smallest absolute Gasteiger partial charge is 0.257 e. The molecule has 0 bridgehead atoms. The Morgan fingerprint density at radius 1 is 0.964 bits per heavy atom. The monoisotopic (exact) mass is 451 g/mol. The lowest BCUT2D eigenvalue weighted by atomic mass is 10.2. The van der Waals surface area contributed by atoms with Crippen LogP contribution in [0.2, 0.25) is 0 Å². The Labute approximate surface area is 176 Å². The number of anilines is 1. The maximum absolute atomic E-state index is 12.6. The van der Waals surface area contributed by atoms with Gasteiger partial charge in [0.05, 0.1) is 5.69 Å². The molecule has 0 atom stereocenters. The summed E-state index contributed by atoms with van der Waals surface area (Å²) < 4.78 is 3.18. The van der Waals surface area contributed by atoms with Gasteiger partial charge in [-0.15, -0.1) is 11.3 Å². The zero-order valence-electron chi connectivity index (χ0n) is 15.4. The molecule has 0 aliphatic carbocycles. The van der Waals surface area contributed by atoms with Crippen molar-refractivity contribution >= 4 is 38.3 Å². The van der Waals surface area contributed by atoms with Gasteiger partial charge in [0.2, 0.25) is 0 Å². The lowest BCUT2D eigenvalue weighted by Crippen LogP contribution is -2.11. The molecule has 2 aromatic heterocycles. The number of rotatable bonds is 4. The quantitative estimate of drug-likeness (QED) is 0.399. The Morgan fingerprint density at radius 3 is 2.25 bits per heavy atom. The highest BCUT2D eigenvalue weighted by Gasteiger charge is 2.11. The van der Waals surface area contributed by atoms with Crippen LogP contribution in [0, 0.1) is 13.8 Å². The van der Waals surface area contributed by atoms with Crippen molar-refractivity contribution in [2.24, 2.45) is 0 Å². The summed E-state index contributed by atoms with van der Waals surface area (Å²) in [7, 11) is 0. The number of hydrogen-bond donors (Lipinski definition) is 1. The van der Waals surface area contributed by atoms with Crippen molar-refractivity contribution in [3.05, 3.63) is 87.5 Å². The molecule has 0 saturated carbocycles. The number of nitrogens with zero attached hydrogens (tertiary/aromatic N) is 2. The second-order valence-electron chi connectivity index (χ2n) is 6.50. The minimum Gasteiger partial charge on any atom is -0.319 e. The number of thiazole rings is 1. The van der Waals surface area contributed by atoms with Crippen molar-refractivity contribution in [3.63, 3.8) is 0 Å². The van der Waals surface area contributed by atoms with Gasteiger partial charge < -0.3 is 4.57 Å². The van der Waals surface area contributed by atoms with Crippen molar-refractivity contribution in [3.8, 4) is 16.9 Å². The van der Waals surface area contributed by atoms with Gasteiger partial charge in [-0.2, -0.15) is 0 Å². The highest BCUT2D eigenvalue weighted by Crippen LogP contribution is 2.26. The van der Waals surface area contributed by atoms with E-state index in [0.717, 1.165) is 32.8 Å². The van der Waals surface area contributed by atoms with Gasteiger partial charge in [-0.05, 0) is 62.4 Å². The normalized spacial score (nSPS) is 10.8. The molecule has 0 saturated heterocycles. The first kappa shape index (κ1) is 18.7. The first-order chi connectivity index (χ1) is 13.5. The first-order valence-corrected chi connectivity index (χ1v) is 10.5. The van der Waals surface area contributed by atoms with E-state index < -0.39 is 0 Å². The van der Waals surface area contributed by atoms with Crippen molar-refractivity contribution < 1.29 is 4.79 Å². The van der Waals surface area contributed by atoms with E-state index in [1.54, 1.807) is 0 Å². The highest BCUT2D eigenvalue weighted by atomic mass is 79.9. The van der Waals surface area contributed by atoms with E-state index in [0.29, 0.717) is 10.7 Å². The third-order valence-electron chi connectivity index (χ3n) is 4.52. The Kier molecular flexibility index (Phi) is 5.15. The SMILES string of the molecule is Cc1ccc(C)n1-c1ccc(C(=O)Nc2nc(-c3ccc(Br)cc3)cs2)cc1. The second-order valence-corrected chi connectivity index (χ2v) is 8.27. The molecule has 0 radical (unpaired) electrons. The fourth-order valence-corrected chi connectivity index (χ4v) is 4.07. The molecule has 6 heteroatoms. The number of aryl methyl sites for hydroxylation is 2. The summed E-state index contributed by atoms with van der Waals surface area (Å²) in [6, 6.07) is 19.7. The standard InChI is InChI=1S/C22H18BrN3OS/c1-14-3-4-15(2)26(14)19-11-7-17(8-12-19)21(27)25-22-24-20(13-28-22)16-5-9-18(23)10-6-16/h3-13H,1-2H3,(H,24,25,27). The third kappa shape index (κ3) is 3.79. The zero-order valence-corrected chi connectivity index (χ0v) is 17.8. The van der Waals surface area contributed by atoms with E-state index in [1.807, 2.05) is 53.9 Å². The summed E-state index contributed by atoms with van der Waals surface area (Å²) in [5, 5.41) is 5.42. The molecule has 2 heterocycles. The molecule has 4 aromatic rings. The lowest BCUT2D eigenvalue weighted by Gasteiger charge is -2.10. The van der Waals surface area contributed by atoms with Gasteiger partial charge in [0.25, 0.3) is 5.91 Å². The van der Waals surface area contributed by atoms with Gasteiger partial charge in [0.15, 0.2) is 5.13 Å². The molecule has 0 aliphatic heterocycles. The van der Waals surface area contributed by atoms with E-state index >= 15 is 0 Å². The predicted octanol–water partition coefficient (Wildman–Crippen LogP) is 6.23. The molecule has 0 aliphatic rings. The Balaban J connectivity index is 1.49. The maximum atomic E-state index is 12.6. The molecular formula is C22H18BrN3OS. The molecule has 0 spiro atoms. The molecule has 140 valence electrons. The van der Waals surface area contributed by atoms with E-state index in [9.17, 15) is 4.79 Å². The van der Waals surface area contributed by atoms with E-state index in [2.05, 4.69) is 56.8 Å². The van der Waals surface area contributed by atoms with Crippen molar-refractivity contribution in [1.82, 2.24) is 9.55 Å². The van der Waals surface area contributed by atoms with Gasteiger partial charge in [-0.1, -0.05) is 28.1 Å². The first-order valence-electron chi connectivity index (χ1n) is 8.79. The molecule has 28 heavy (non-hydrogen) atoms. The summed E-state index contributed by atoms with van der Waals surface area (Å²) in [6.07, 6.45) is 0. The van der Waals surface area contributed by atoms with Gasteiger partial charge in [-0.25, -0.2) is 4.98 Å². The average Bonchev–Trinajstić information content (AvgIpc) is 3.29. The minimum absolute atomic E-state index is 0.163. The van der Waals surface area contributed by atoms with Crippen LogP contribution in [-0.2, 0) is 0 Å². The zero-order chi connectivity index (χ0) is 19.7. The number of benzene rings is 2. The summed E-state index contributed by atoms with van der Waals surface area (Å²) in [4.78, 5) is 17.1. The van der Waals surface area contributed by atoms with Gasteiger partial charge in [0, 0.05) is 38.1 Å². The summed E-state index contributed by atoms with van der Waals surface area (Å²) in [6.45, 7) is 4.14. The number of aromatic nitrogens is 2. The van der Waals surface area contributed by atoms with Crippen LogP contribution in [0.1, 0.15) is 21.7 Å². The number of nitrogens with one attached hydrogen (secondary N) is 1. The van der Waals surface area contributed by atoms with Gasteiger partial charge in [0.1, 0.15) is 0 Å². The lowest BCUT2D eigenvalue weighted by molar-refractivity contribution is 0.102. The number of carbonyl (C=O) groups excluding carboxylic acids is 1. The third-order valence-corrected chi connectivity index (χ3v) is 5.81. The summed E-state index contributed by atoms with van der Waals surface area (Å²) >= 11 is 4.85. The number of carbonyl (C=O) groups is 1. The molecule has 4 nitrogen and oxygen atoms in total. The second kappa shape index (κ2) is 7.73. The maximum Gasteiger partial charge on any atom is 0.257 e. The molecule has 0 fully saturated rings. The summed E-state index contributed by atoms with van der Waals surface area (Å²) in [5.41, 5.74) is 5.84. The van der Waals surface area contributed by atoms with Crippen LogP contribution in [0.15, 0.2) is 70.5 Å². The number of hydrogen-bond acceptors (Lipinski definition) is 3. The average molecular weight is 452 g/mol. The van der Waals surface area contributed by atoms with Gasteiger partial charge in [-0.3, -0.25) is 10.1 Å². The Hall–Kier alpha value is -2.70. The molecule has 1 N–H and O–H groups in total. The minimum atomic E-state index is -0.163. The van der Waals surface area contributed by atoms with E-state index in [-0.39, 0.29) is 5.91 Å². The van der Waals surface area contributed by atoms with Crippen LogP contribution < -0.4 is 5.32 Å². The van der Waals surface area contributed by atoms with Crippen molar-refractivity contribution in [1.29, 1.82) is 0 Å². The fourth-order valence-electron chi connectivity index (χ4n) is 3.09. The van der Waals surface area contributed by atoms with Crippen molar-refractivity contribution in [2.75, 3.05) is 5.32 Å². The van der Waals surface area contributed by atoms with E-state index in [1.165, 1.54) is 11.3 Å².